The predicted molar refractivity (Wildman–Crippen MR) is 105 cm³/mol. The Hall–Kier alpha value is -2.37. The van der Waals surface area contributed by atoms with Gasteiger partial charge < -0.3 is 10.0 Å². The molecule has 6 heteroatoms. The number of rotatable bonds is 4. The van der Waals surface area contributed by atoms with Gasteiger partial charge in [0.15, 0.2) is 0 Å². The summed E-state index contributed by atoms with van der Waals surface area (Å²) < 4.78 is 0. The van der Waals surface area contributed by atoms with Gasteiger partial charge in [0.2, 0.25) is 0 Å². The molecule has 1 amide bonds. The van der Waals surface area contributed by atoms with Crippen molar-refractivity contribution in [2.75, 3.05) is 13.1 Å². The number of benzene rings is 2. The summed E-state index contributed by atoms with van der Waals surface area (Å²) in [5.41, 5.74) is 1.89. The lowest BCUT2D eigenvalue weighted by atomic mass is 10.0. The molecule has 0 bridgehead atoms. The van der Waals surface area contributed by atoms with Crippen LogP contribution < -0.4 is 0 Å². The van der Waals surface area contributed by atoms with Gasteiger partial charge in [0, 0.05) is 31.7 Å². The summed E-state index contributed by atoms with van der Waals surface area (Å²) in [6.45, 7) is 6.18. The summed E-state index contributed by atoms with van der Waals surface area (Å²) in [5, 5.41) is 9.49. The van der Waals surface area contributed by atoms with Gasteiger partial charge in [0.1, 0.15) is 0 Å². The van der Waals surface area contributed by atoms with Crippen LogP contribution in [0.5, 0.6) is 0 Å². The Labute approximate surface area is 164 Å². The number of carbonyl (C=O) groups excluding carboxylic acids is 1. The van der Waals surface area contributed by atoms with Crippen LogP contribution in [0.3, 0.4) is 0 Å². The number of carboxylic acid groups (broad SMARTS) is 1. The molecule has 0 saturated carbocycles. The van der Waals surface area contributed by atoms with Crippen molar-refractivity contribution in [2.45, 2.75) is 32.5 Å². The average Bonchev–Trinajstić information content (AvgIpc) is 2.64. The van der Waals surface area contributed by atoms with Crippen molar-refractivity contribution in [1.29, 1.82) is 0 Å². The average molecular weight is 387 g/mol. The highest BCUT2D eigenvalue weighted by molar-refractivity contribution is 6.33. The van der Waals surface area contributed by atoms with Gasteiger partial charge in [0.05, 0.1) is 16.1 Å². The third-order valence-electron chi connectivity index (χ3n) is 5.06. The molecule has 27 heavy (non-hydrogen) atoms. The highest BCUT2D eigenvalue weighted by Gasteiger charge is 2.32. The number of nitrogens with zero attached hydrogens (tertiary/aromatic N) is 2. The lowest BCUT2D eigenvalue weighted by Gasteiger charge is -2.44. The standard InChI is InChI=1S/C21H23ClN2O3/c1-14-11-23(20(25)18-5-3-4-6-19(18)22)12-15(2)24(14)13-16-7-9-17(10-8-16)21(26)27/h3-10,14-15H,11-13H2,1-2H3,(H,26,27). The third-order valence-corrected chi connectivity index (χ3v) is 5.39. The van der Waals surface area contributed by atoms with Crippen LogP contribution in [0.2, 0.25) is 5.02 Å². The van der Waals surface area contributed by atoms with Gasteiger partial charge in [-0.25, -0.2) is 4.79 Å². The minimum absolute atomic E-state index is 0.0373. The van der Waals surface area contributed by atoms with Crippen molar-refractivity contribution < 1.29 is 14.7 Å². The van der Waals surface area contributed by atoms with Gasteiger partial charge in [-0.05, 0) is 43.7 Å². The van der Waals surface area contributed by atoms with Crippen LogP contribution in [0, 0.1) is 0 Å². The Morgan fingerprint density at radius 2 is 1.63 bits per heavy atom. The van der Waals surface area contributed by atoms with Crippen LogP contribution in [0.25, 0.3) is 0 Å². The molecule has 3 rings (SSSR count). The summed E-state index contributed by atoms with van der Waals surface area (Å²) in [5.74, 6) is -0.959. The lowest BCUT2D eigenvalue weighted by molar-refractivity contribution is 0.0270. The maximum atomic E-state index is 12.8. The van der Waals surface area contributed by atoms with E-state index in [1.165, 1.54) is 0 Å². The second-order valence-electron chi connectivity index (χ2n) is 7.06. The van der Waals surface area contributed by atoms with E-state index in [0.717, 1.165) is 12.1 Å². The van der Waals surface area contributed by atoms with Crippen molar-refractivity contribution in [3.8, 4) is 0 Å². The minimum Gasteiger partial charge on any atom is -0.478 e. The molecule has 2 aromatic rings. The van der Waals surface area contributed by atoms with Gasteiger partial charge in [-0.2, -0.15) is 0 Å². The maximum absolute atomic E-state index is 12.8. The fourth-order valence-electron chi connectivity index (χ4n) is 3.60. The van der Waals surface area contributed by atoms with Gasteiger partial charge in [-0.15, -0.1) is 0 Å². The summed E-state index contributed by atoms with van der Waals surface area (Å²) in [7, 11) is 0. The lowest BCUT2D eigenvalue weighted by Crippen LogP contribution is -2.57. The number of carbonyl (C=O) groups is 2. The number of carboxylic acids is 1. The summed E-state index contributed by atoms with van der Waals surface area (Å²) in [6, 6.07) is 14.5. The molecule has 1 N–H and O–H groups in total. The van der Waals surface area contributed by atoms with Gasteiger partial charge in [-0.3, -0.25) is 9.69 Å². The molecule has 1 heterocycles. The minimum atomic E-state index is -0.921. The first-order valence-electron chi connectivity index (χ1n) is 8.98. The first-order chi connectivity index (χ1) is 12.9. The van der Waals surface area contributed by atoms with Crippen LogP contribution in [0.15, 0.2) is 48.5 Å². The Morgan fingerprint density at radius 3 is 2.19 bits per heavy atom. The van der Waals surface area contributed by atoms with Gasteiger partial charge in [-0.1, -0.05) is 35.9 Å². The predicted octanol–water partition coefficient (Wildman–Crippen LogP) is 3.77. The van der Waals surface area contributed by atoms with E-state index in [9.17, 15) is 9.59 Å². The number of piperazine rings is 1. The molecular formula is C21H23ClN2O3. The van der Waals surface area contributed by atoms with Crippen LogP contribution in [0.4, 0.5) is 0 Å². The molecule has 2 unspecified atom stereocenters. The third kappa shape index (κ3) is 4.31. The van der Waals surface area contributed by atoms with Crippen molar-refractivity contribution >= 4 is 23.5 Å². The topological polar surface area (TPSA) is 60.9 Å². The Bertz CT molecular complexity index is 826. The number of aromatic carboxylic acids is 1. The van der Waals surface area contributed by atoms with Crippen molar-refractivity contribution in [3.63, 3.8) is 0 Å². The number of hydrogen-bond acceptors (Lipinski definition) is 3. The van der Waals surface area contributed by atoms with E-state index in [4.69, 9.17) is 16.7 Å². The number of halogens is 1. The molecule has 1 aliphatic rings. The smallest absolute Gasteiger partial charge is 0.335 e. The van der Waals surface area contributed by atoms with Gasteiger partial charge in [0.25, 0.3) is 5.91 Å². The molecule has 0 spiro atoms. The first kappa shape index (κ1) is 19.4. The molecule has 1 fully saturated rings. The zero-order chi connectivity index (χ0) is 19.6. The SMILES string of the molecule is CC1CN(C(=O)c2ccccc2Cl)CC(C)N1Cc1ccc(C(=O)O)cc1. The van der Waals surface area contributed by atoms with Crippen LogP contribution in [-0.2, 0) is 6.54 Å². The molecule has 0 aliphatic carbocycles. The molecule has 2 atom stereocenters. The van der Waals surface area contributed by atoms with E-state index in [-0.39, 0.29) is 23.6 Å². The normalized spacial score (nSPS) is 20.5. The van der Waals surface area contributed by atoms with Crippen LogP contribution in [-0.4, -0.2) is 52.0 Å². The van der Waals surface area contributed by atoms with E-state index in [1.807, 2.05) is 29.2 Å². The van der Waals surface area contributed by atoms with Crippen molar-refractivity contribution in [1.82, 2.24) is 9.80 Å². The van der Waals surface area contributed by atoms with Gasteiger partial charge >= 0.3 is 5.97 Å². The van der Waals surface area contributed by atoms with Crippen molar-refractivity contribution in [2.24, 2.45) is 0 Å². The molecule has 2 aromatic carbocycles. The molecule has 142 valence electrons. The Balaban J connectivity index is 1.69. The van der Waals surface area contributed by atoms with E-state index < -0.39 is 5.97 Å². The second kappa shape index (κ2) is 8.11. The zero-order valence-electron chi connectivity index (χ0n) is 15.4. The monoisotopic (exact) mass is 386 g/mol. The van der Waals surface area contributed by atoms with Crippen LogP contribution >= 0.6 is 11.6 Å². The largest absolute Gasteiger partial charge is 0.478 e. The quantitative estimate of drug-likeness (QED) is 0.868. The molecular weight excluding hydrogens is 364 g/mol. The highest BCUT2D eigenvalue weighted by Crippen LogP contribution is 2.23. The van der Waals surface area contributed by atoms with E-state index in [1.54, 1.807) is 24.3 Å². The maximum Gasteiger partial charge on any atom is 0.335 e. The molecule has 0 aromatic heterocycles. The zero-order valence-corrected chi connectivity index (χ0v) is 16.2. The number of hydrogen-bond donors (Lipinski definition) is 1. The summed E-state index contributed by atoms with van der Waals surface area (Å²) >= 11 is 6.18. The molecule has 1 aliphatic heterocycles. The fourth-order valence-corrected chi connectivity index (χ4v) is 3.82. The van der Waals surface area contributed by atoms with Crippen molar-refractivity contribution in [3.05, 3.63) is 70.2 Å². The molecule has 5 nitrogen and oxygen atoms in total. The van der Waals surface area contributed by atoms with E-state index in [0.29, 0.717) is 23.7 Å². The first-order valence-corrected chi connectivity index (χ1v) is 9.36. The molecule has 0 radical (unpaired) electrons. The number of amides is 1. The Kier molecular flexibility index (Phi) is 5.82. The van der Waals surface area contributed by atoms with Crippen LogP contribution in [0.1, 0.15) is 40.1 Å². The fraction of sp³-hybridized carbons (Fsp3) is 0.333. The highest BCUT2D eigenvalue weighted by atomic mass is 35.5. The molecule has 1 saturated heterocycles. The van der Waals surface area contributed by atoms with E-state index >= 15 is 0 Å². The summed E-state index contributed by atoms with van der Waals surface area (Å²) in [4.78, 5) is 28.0. The summed E-state index contributed by atoms with van der Waals surface area (Å²) in [6.07, 6.45) is 0. The second-order valence-corrected chi connectivity index (χ2v) is 7.47. The Morgan fingerprint density at radius 1 is 1.04 bits per heavy atom. The van der Waals surface area contributed by atoms with E-state index in [2.05, 4.69) is 18.7 Å².